The van der Waals surface area contributed by atoms with Crippen LogP contribution in [0.3, 0.4) is 0 Å². The molecule has 0 fully saturated rings. The lowest BCUT2D eigenvalue weighted by molar-refractivity contribution is 0.837. The van der Waals surface area contributed by atoms with Crippen LogP contribution < -0.4 is 11.1 Å². The van der Waals surface area contributed by atoms with Crippen LogP contribution in [0.2, 0.25) is 0 Å². The van der Waals surface area contributed by atoms with Gasteiger partial charge in [0.1, 0.15) is 5.82 Å². The number of hydrogen-bond donors (Lipinski definition) is 2. The Morgan fingerprint density at radius 1 is 1.60 bits per heavy atom. The van der Waals surface area contributed by atoms with Crippen molar-refractivity contribution in [2.75, 3.05) is 17.6 Å². The summed E-state index contributed by atoms with van der Waals surface area (Å²) in [6.45, 7) is 1.04. The molecule has 3 nitrogen and oxygen atoms in total. The van der Waals surface area contributed by atoms with Gasteiger partial charge in [0.05, 0.1) is 4.88 Å². The molecule has 0 bridgehead atoms. The maximum atomic E-state index is 5.53. The monoisotopic (exact) mass is 155 g/mol. The molecule has 1 aromatic rings. The highest BCUT2D eigenvalue weighted by Crippen LogP contribution is 2.28. The van der Waals surface area contributed by atoms with Gasteiger partial charge in [-0.25, -0.2) is 4.98 Å². The van der Waals surface area contributed by atoms with Crippen molar-refractivity contribution in [1.82, 2.24) is 4.98 Å². The van der Waals surface area contributed by atoms with E-state index in [0.717, 1.165) is 18.8 Å². The first kappa shape index (κ1) is 5.97. The second kappa shape index (κ2) is 2.12. The van der Waals surface area contributed by atoms with Gasteiger partial charge in [0, 0.05) is 6.54 Å². The van der Waals surface area contributed by atoms with Gasteiger partial charge in [-0.3, -0.25) is 0 Å². The van der Waals surface area contributed by atoms with E-state index in [1.54, 1.807) is 11.3 Å². The van der Waals surface area contributed by atoms with Gasteiger partial charge in [-0.15, -0.1) is 11.3 Å². The molecule has 0 aliphatic carbocycles. The predicted octanol–water partition coefficient (Wildman–Crippen LogP) is 1.08. The van der Waals surface area contributed by atoms with E-state index in [0.29, 0.717) is 5.13 Å². The molecule has 1 aromatic heterocycles. The molecular weight excluding hydrogens is 146 g/mol. The summed E-state index contributed by atoms with van der Waals surface area (Å²) in [6, 6.07) is 0. The minimum Gasteiger partial charge on any atom is -0.375 e. The van der Waals surface area contributed by atoms with Gasteiger partial charge in [-0.05, 0) is 12.8 Å². The van der Waals surface area contributed by atoms with Crippen molar-refractivity contribution in [2.24, 2.45) is 0 Å². The number of thiazole rings is 1. The predicted molar refractivity (Wildman–Crippen MR) is 43.3 cm³/mol. The van der Waals surface area contributed by atoms with Gasteiger partial charge in [-0.1, -0.05) is 0 Å². The molecule has 0 saturated heterocycles. The topological polar surface area (TPSA) is 50.9 Å². The quantitative estimate of drug-likeness (QED) is 0.589. The number of nitrogen functional groups attached to an aromatic ring is 1. The Kier molecular flexibility index (Phi) is 1.27. The fourth-order valence-corrected chi connectivity index (χ4v) is 1.98. The summed E-state index contributed by atoms with van der Waals surface area (Å²) < 4.78 is 0. The fraction of sp³-hybridized carbons (Fsp3) is 0.500. The number of aryl methyl sites for hydroxylation is 1. The molecule has 0 atom stereocenters. The van der Waals surface area contributed by atoms with Crippen LogP contribution >= 0.6 is 11.3 Å². The number of fused-ring (bicyclic) bond motifs is 1. The molecule has 0 unspecified atom stereocenters. The van der Waals surface area contributed by atoms with Crippen LogP contribution in [-0.4, -0.2) is 11.5 Å². The lowest BCUT2D eigenvalue weighted by Crippen LogP contribution is -2.09. The Balaban J connectivity index is 2.41. The molecule has 0 aromatic carbocycles. The number of rotatable bonds is 0. The summed E-state index contributed by atoms with van der Waals surface area (Å²) in [5.74, 6) is 1.01. The first-order valence-corrected chi connectivity index (χ1v) is 4.17. The van der Waals surface area contributed by atoms with Crippen molar-refractivity contribution in [3.8, 4) is 0 Å². The molecular formula is C6H9N3S. The highest BCUT2D eigenvalue weighted by atomic mass is 32.1. The van der Waals surface area contributed by atoms with Gasteiger partial charge in [0.15, 0.2) is 5.13 Å². The molecule has 0 amide bonds. The Labute approximate surface area is 63.3 Å². The third kappa shape index (κ3) is 0.844. The number of nitrogens with one attached hydrogen (secondary N) is 1. The van der Waals surface area contributed by atoms with E-state index in [9.17, 15) is 0 Å². The molecule has 4 heteroatoms. The van der Waals surface area contributed by atoms with E-state index < -0.39 is 0 Å². The molecule has 54 valence electrons. The number of aromatic nitrogens is 1. The van der Waals surface area contributed by atoms with Crippen LogP contribution in [0.25, 0.3) is 0 Å². The van der Waals surface area contributed by atoms with Crippen LogP contribution in [-0.2, 0) is 6.42 Å². The van der Waals surface area contributed by atoms with Crippen LogP contribution in [0.4, 0.5) is 10.9 Å². The molecule has 3 N–H and O–H groups in total. The average molecular weight is 155 g/mol. The fourth-order valence-electron chi connectivity index (χ4n) is 1.13. The summed E-state index contributed by atoms with van der Waals surface area (Å²) in [5.41, 5.74) is 5.53. The maximum Gasteiger partial charge on any atom is 0.182 e. The van der Waals surface area contributed by atoms with Crippen molar-refractivity contribution in [3.63, 3.8) is 0 Å². The second-order valence-corrected chi connectivity index (χ2v) is 3.47. The van der Waals surface area contributed by atoms with E-state index in [4.69, 9.17) is 5.73 Å². The van der Waals surface area contributed by atoms with Gasteiger partial charge >= 0.3 is 0 Å². The number of nitrogens with zero attached hydrogens (tertiary/aromatic N) is 1. The van der Waals surface area contributed by atoms with Crippen molar-refractivity contribution in [3.05, 3.63) is 4.88 Å². The van der Waals surface area contributed by atoms with Crippen LogP contribution in [0.1, 0.15) is 11.3 Å². The highest BCUT2D eigenvalue weighted by molar-refractivity contribution is 7.15. The molecule has 0 radical (unpaired) electrons. The van der Waals surface area contributed by atoms with E-state index in [-0.39, 0.29) is 0 Å². The normalized spacial score (nSPS) is 16.0. The largest absolute Gasteiger partial charge is 0.375 e. The molecule has 1 aliphatic rings. The molecule has 0 spiro atoms. The third-order valence-corrected chi connectivity index (χ3v) is 2.53. The van der Waals surface area contributed by atoms with E-state index in [1.165, 1.54) is 11.3 Å². The first-order chi connectivity index (χ1) is 4.86. The Bertz CT molecular complexity index is 220. The zero-order chi connectivity index (χ0) is 6.97. The minimum absolute atomic E-state index is 0.680. The average Bonchev–Trinajstić information content (AvgIpc) is 2.27. The van der Waals surface area contributed by atoms with Gasteiger partial charge in [0.2, 0.25) is 0 Å². The van der Waals surface area contributed by atoms with E-state index >= 15 is 0 Å². The van der Waals surface area contributed by atoms with Gasteiger partial charge < -0.3 is 11.1 Å². The second-order valence-electron chi connectivity index (χ2n) is 2.35. The highest BCUT2D eigenvalue weighted by Gasteiger charge is 2.12. The number of hydrogen-bond acceptors (Lipinski definition) is 4. The number of nitrogens with two attached hydrogens (primary N) is 1. The van der Waals surface area contributed by atoms with Crippen molar-refractivity contribution < 1.29 is 0 Å². The maximum absolute atomic E-state index is 5.53. The molecule has 2 heterocycles. The Hall–Kier alpha value is -0.770. The van der Waals surface area contributed by atoms with Crippen LogP contribution in [0, 0.1) is 0 Å². The Morgan fingerprint density at radius 2 is 2.50 bits per heavy atom. The minimum atomic E-state index is 0.680. The van der Waals surface area contributed by atoms with Crippen molar-refractivity contribution in [2.45, 2.75) is 12.8 Å². The first-order valence-electron chi connectivity index (χ1n) is 3.35. The molecule has 2 rings (SSSR count). The smallest absolute Gasteiger partial charge is 0.182 e. The SMILES string of the molecule is Nc1nc2c(s1)CCCN2. The summed E-state index contributed by atoms with van der Waals surface area (Å²) in [7, 11) is 0. The van der Waals surface area contributed by atoms with Gasteiger partial charge in [-0.2, -0.15) is 0 Å². The van der Waals surface area contributed by atoms with Gasteiger partial charge in [0.25, 0.3) is 0 Å². The summed E-state index contributed by atoms with van der Waals surface area (Å²) >= 11 is 1.59. The zero-order valence-corrected chi connectivity index (χ0v) is 6.37. The molecule has 0 saturated carbocycles. The Morgan fingerprint density at radius 3 is 3.30 bits per heavy atom. The molecule has 1 aliphatic heterocycles. The van der Waals surface area contributed by atoms with E-state index in [2.05, 4.69) is 10.3 Å². The summed E-state index contributed by atoms with van der Waals surface area (Å²) in [5, 5.41) is 3.88. The van der Waals surface area contributed by atoms with Crippen LogP contribution in [0.5, 0.6) is 0 Å². The van der Waals surface area contributed by atoms with Crippen LogP contribution in [0.15, 0.2) is 0 Å². The standard InChI is InChI=1S/C6H9N3S/c7-6-9-5-4(10-6)2-1-3-8-5/h8H,1-3H2,(H2,7,9). The van der Waals surface area contributed by atoms with E-state index in [1.807, 2.05) is 0 Å². The zero-order valence-electron chi connectivity index (χ0n) is 5.55. The molecule has 10 heavy (non-hydrogen) atoms. The van der Waals surface area contributed by atoms with Crippen molar-refractivity contribution in [1.29, 1.82) is 0 Å². The number of anilines is 2. The van der Waals surface area contributed by atoms with Crippen molar-refractivity contribution >= 4 is 22.3 Å². The summed E-state index contributed by atoms with van der Waals surface area (Å²) in [6.07, 6.45) is 2.34. The lowest BCUT2D eigenvalue weighted by atomic mass is 10.2. The lowest BCUT2D eigenvalue weighted by Gasteiger charge is -2.10. The summed E-state index contributed by atoms with van der Waals surface area (Å²) in [4.78, 5) is 5.45. The third-order valence-electron chi connectivity index (χ3n) is 1.59.